The minimum Gasteiger partial charge on any atom is -0.497 e. The summed E-state index contributed by atoms with van der Waals surface area (Å²) in [7, 11) is 2.54. The molecule has 35 heavy (non-hydrogen) atoms. The highest BCUT2D eigenvalue weighted by molar-refractivity contribution is 7.89. The number of halogens is 1. The number of methoxy groups -OCH3 is 4. The summed E-state index contributed by atoms with van der Waals surface area (Å²) in [6.45, 7) is 0.233. The van der Waals surface area contributed by atoms with E-state index in [1.165, 1.54) is 4.31 Å². The molecule has 3 aromatic rings. The van der Waals surface area contributed by atoms with E-state index in [4.69, 9.17) is 30.5 Å². The smallest absolute Gasteiger partial charge is 0.215 e. The van der Waals surface area contributed by atoms with E-state index >= 15 is 0 Å². The van der Waals surface area contributed by atoms with Crippen molar-refractivity contribution < 1.29 is 27.4 Å². The minimum atomic E-state index is -3.68. The van der Waals surface area contributed by atoms with Crippen molar-refractivity contribution >= 4 is 21.6 Å². The summed E-state index contributed by atoms with van der Waals surface area (Å²) in [5.74, 6) is 2.28. The van der Waals surface area contributed by atoms with Gasteiger partial charge in [0.1, 0.15) is 23.0 Å². The van der Waals surface area contributed by atoms with Gasteiger partial charge in [-0.25, -0.2) is 8.42 Å². The van der Waals surface area contributed by atoms with Crippen LogP contribution in [0.2, 0.25) is 5.02 Å². The van der Waals surface area contributed by atoms with Crippen molar-refractivity contribution in [1.82, 2.24) is 4.31 Å². The molecule has 3 rings (SSSR count). The molecule has 0 unspecified atom stereocenters. The molecule has 0 bridgehead atoms. The van der Waals surface area contributed by atoms with Crippen molar-refractivity contribution in [2.75, 3.05) is 34.2 Å². The molecule has 188 valence electrons. The molecule has 0 aliphatic carbocycles. The van der Waals surface area contributed by atoms with Gasteiger partial charge in [0.05, 0.1) is 34.2 Å². The molecule has 0 aliphatic heterocycles. The first-order valence-corrected chi connectivity index (χ1v) is 12.9. The van der Waals surface area contributed by atoms with Crippen LogP contribution in [0.4, 0.5) is 0 Å². The lowest BCUT2D eigenvalue weighted by molar-refractivity contribution is 0.358. The molecule has 0 heterocycles. The molecule has 0 spiro atoms. The van der Waals surface area contributed by atoms with Gasteiger partial charge < -0.3 is 18.9 Å². The molecule has 7 nitrogen and oxygen atoms in total. The van der Waals surface area contributed by atoms with E-state index in [1.54, 1.807) is 64.8 Å². The lowest BCUT2D eigenvalue weighted by atomic mass is 10.1. The highest BCUT2D eigenvalue weighted by Crippen LogP contribution is 2.30. The number of benzene rings is 3. The minimum absolute atomic E-state index is 0.0639. The van der Waals surface area contributed by atoms with E-state index in [0.29, 0.717) is 34.4 Å². The number of hydrogen-bond donors (Lipinski definition) is 0. The van der Waals surface area contributed by atoms with Crippen molar-refractivity contribution in [2.45, 2.75) is 19.5 Å². The van der Waals surface area contributed by atoms with Crippen molar-refractivity contribution in [2.24, 2.45) is 0 Å². The fourth-order valence-corrected chi connectivity index (χ4v) is 5.17. The Kier molecular flexibility index (Phi) is 9.26. The number of nitrogens with zero attached hydrogens (tertiary/aromatic N) is 1. The van der Waals surface area contributed by atoms with Crippen LogP contribution in [0, 0.1) is 0 Å². The van der Waals surface area contributed by atoms with Crippen LogP contribution in [0.3, 0.4) is 0 Å². The second-order valence-corrected chi connectivity index (χ2v) is 10.3. The molecule has 0 fully saturated rings. The number of aryl methyl sites for hydroxylation is 1. The lowest BCUT2D eigenvalue weighted by Crippen LogP contribution is -2.33. The van der Waals surface area contributed by atoms with E-state index in [2.05, 4.69) is 0 Å². The fraction of sp³-hybridized carbons (Fsp3) is 0.308. The average Bonchev–Trinajstić information content (AvgIpc) is 2.88. The second kappa shape index (κ2) is 12.2. The first kappa shape index (κ1) is 26.7. The van der Waals surface area contributed by atoms with Crippen LogP contribution in [-0.2, 0) is 29.5 Å². The van der Waals surface area contributed by atoms with Crippen LogP contribution < -0.4 is 18.9 Å². The quantitative estimate of drug-likeness (QED) is 0.337. The Morgan fingerprint density at radius 1 is 0.714 bits per heavy atom. The first-order valence-electron chi connectivity index (χ1n) is 10.9. The summed E-state index contributed by atoms with van der Waals surface area (Å²) < 4.78 is 50.2. The van der Waals surface area contributed by atoms with Gasteiger partial charge in [-0.05, 0) is 36.2 Å². The van der Waals surface area contributed by atoms with Gasteiger partial charge in [-0.3, -0.25) is 0 Å². The summed E-state index contributed by atoms with van der Waals surface area (Å²) >= 11 is 5.96. The molecule has 0 saturated heterocycles. The molecule has 0 saturated carbocycles. The maximum Gasteiger partial charge on any atom is 0.215 e. The van der Waals surface area contributed by atoms with Gasteiger partial charge >= 0.3 is 0 Å². The Hall–Kier alpha value is -2.94. The Bertz CT molecular complexity index is 1170. The topological polar surface area (TPSA) is 74.3 Å². The Morgan fingerprint density at radius 3 is 1.63 bits per heavy atom. The zero-order valence-corrected chi connectivity index (χ0v) is 21.9. The van der Waals surface area contributed by atoms with Crippen LogP contribution in [0.15, 0.2) is 60.7 Å². The highest BCUT2D eigenvalue weighted by Gasteiger charge is 2.25. The van der Waals surface area contributed by atoms with Gasteiger partial charge in [-0.1, -0.05) is 35.9 Å². The molecule has 0 amide bonds. The molecule has 0 atom stereocenters. The number of hydrogen-bond acceptors (Lipinski definition) is 6. The van der Waals surface area contributed by atoms with E-state index in [0.717, 1.165) is 16.7 Å². The molecule has 0 aromatic heterocycles. The van der Waals surface area contributed by atoms with Crippen LogP contribution >= 0.6 is 11.6 Å². The molecular weight excluding hydrogens is 490 g/mol. The van der Waals surface area contributed by atoms with Crippen LogP contribution in [-0.4, -0.2) is 46.9 Å². The fourth-order valence-electron chi connectivity index (χ4n) is 3.62. The van der Waals surface area contributed by atoms with Gasteiger partial charge in [0.25, 0.3) is 0 Å². The van der Waals surface area contributed by atoms with Gasteiger partial charge in [0.2, 0.25) is 10.0 Å². The van der Waals surface area contributed by atoms with E-state index in [-0.39, 0.29) is 18.8 Å². The zero-order valence-electron chi connectivity index (χ0n) is 20.3. The Labute approximate surface area is 212 Å². The second-order valence-electron chi connectivity index (χ2n) is 7.82. The summed E-state index contributed by atoms with van der Waals surface area (Å²) in [6.07, 6.45) is 0.357. The normalized spacial score (nSPS) is 11.4. The standard InChI is InChI=1S/C26H30ClNO6S/c1-31-23-11-7-20(25(15-23)33-3)17-28(18-21-8-12-24(32-2)16-26(21)34-4)35(29,30)14-13-19-5-9-22(27)10-6-19/h5-12,15-16H,13-14,17-18H2,1-4H3. The van der Waals surface area contributed by atoms with Crippen LogP contribution in [0.25, 0.3) is 0 Å². The van der Waals surface area contributed by atoms with Gasteiger partial charge in [-0.2, -0.15) is 4.31 Å². The van der Waals surface area contributed by atoms with Crippen molar-refractivity contribution in [3.05, 3.63) is 82.4 Å². The van der Waals surface area contributed by atoms with Crippen molar-refractivity contribution in [3.8, 4) is 23.0 Å². The molecule has 3 aromatic carbocycles. The number of rotatable bonds is 12. The third-order valence-corrected chi connectivity index (χ3v) is 7.65. The van der Waals surface area contributed by atoms with Gasteiger partial charge in [0.15, 0.2) is 0 Å². The summed E-state index contributed by atoms with van der Waals surface area (Å²) in [5, 5.41) is 0.608. The highest BCUT2D eigenvalue weighted by atomic mass is 35.5. The number of sulfonamides is 1. The molecule has 0 aliphatic rings. The zero-order chi connectivity index (χ0) is 25.4. The van der Waals surface area contributed by atoms with Crippen molar-refractivity contribution in [3.63, 3.8) is 0 Å². The summed E-state index contributed by atoms with van der Waals surface area (Å²) in [4.78, 5) is 0. The van der Waals surface area contributed by atoms with Gasteiger partial charge in [-0.15, -0.1) is 0 Å². The predicted molar refractivity (Wildman–Crippen MR) is 137 cm³/mol. The first-order chi connectivity index (χ1) is 16.8. The maximum atomic E-state index is 13.6. The maximum absolute atomic E-state index is 13.6. The summed E-state index contributed by atoms with van der Waals surface area (Å²) in [6, 6.07) is 17.8. The Balaban J connectivity index is 1.94. The largest absolute Gasteiger partial charge is 0.497 e. The SMILES string of the molecule is COc1ccc(CN(Cc2ccc(OC)cc2OC)S(=O)(=O)CCc2ccc(Cl)cc2)c(OC)c1. The number of ether oxygens (including phenoxy) is 4. The lowest BCUT2D eigenvalue weighted by Gasteiger charge is -2.24. The van der Waals surface area contributed by atoms with Crippen molar-refractivity contribution in [1.29, 1.82) is 0 Å². The molecule has 9 heteroatoms. The van der Waals surface area contributed by atoms with E-state index < -0.39 is 10.0 Å². The van der Waals surface area contributed by atoms with Crippen LogP contribution in [0.1, 0.15) is 16.7 Å². The third-order valence-electron chi connectivity index (χ3n) is 5.64. The third kappa shape index (κ3) is 7.04. The Morgan fingerprint density at radius 2 is 1.20 bits per heavy atom. The van der Waals surface area contributed by atoms with E-state index in [1.807, 2.05) is 24.3 Å². The summed E-state index contributed by atoms with van der Waals surface area (Å²) in [5.41, 5.74) is 2.33. The molecule has 0 radical (unpaired) electrons. The van der Waals surface area contributed by atoms with E-state index in [9.17, 15) is 8.42 Å². The predicted octanol–water partition coefficient (Wildman–Crippen LogP) is 4.95. The molecular formula is C26H30ClNO6S. The average molecular weight is 520 g/mol. The molecule has 0 N–H and O–H groups in total. The van der Waals surface area contributed by atoms with Gasteiger partial charge in [0, 0.05) is 41.4 Å². The van der Waals surface area contributed by atoms with Crippen LogP contribution in [0.5, 0.6) is 23.0 Å². The monoisotopic (exact) mass is 519 g/mol.